The number of piperidine rings is 1. The quantitative estimate of drug-likeness (QED) is 0.384. The second-order valence-corrected chi connectivity index (χ2v) is 10.6. The molecule has 5 nitrogen and oxygen atoms in total. The molecule has 0 saturated carbocycles. The number of hydrogen-bond acceptors (Lipinski definition) is 5. The van der Waals surface area contributed by atoms with E-state index in [-0.39, 0.29) is 17.9 Å². The molecule has 0 spiro atoms. The van der Waals surface area contributed by atoms with Crippen molar-refractivity contribution in [2.24, 2.45) is 0 Å². The molecular formula is C32H36N2O3. The highest BCUT2D eigenvalue weighted by Crippen LogP contribution is 2.39. The first-order valence-electron chi connectivity index (χ1n) is 13.6. The third-order valence-corrected chi connectivity index (χ3v) is 8.50. The lowest BCUT2D eigenvalue weighted by Gasteiger charge is -2.35. The number of fused-ring (bicyclic) bond motifs is 2. The van der Waals surface area contributed by atoms with E-state index in [1.807, 2.05) is 24.3 Å². The SMILES string of the molecule is COc1ccccc1C1CCN(CCCN2C=C(C(=O)c3cccc4c3C4)C3=CC=CC(OC)C32)CC1. The van der Waals surface area contributed by atoms with Gasteiger partial charge in [0.25, 0.3) is 0 Å². The van der Waals surface area contributed by atoms with Crippen LogP contribution in [-0.2, 0) is 11.2 Å². The zero-order chi connectivity index (χ0) is 25.4. The third-order valence-electron chi connectivity index (χ3n) is 8.50. The van der Waals surface area contributed by atoms with Crippen molar-refractivity contribution < 1.29 is 14.3 Å². The Morgan fingerprint density at radius 1 is 1.03 bits per heavy atom. The minimum Gasteiger partial charge on any atom is -0.496 e. The average molecular weight is 497 g/mol. The summed E-state index contributed by atoms with van der Waals surface area (Å²) in [7, 11) is 3.53. The van der Waals surface area contributed by atoms with Crippen LogP contribution in [0.4, 0.5) is 0 Å². The molecule has 37 heavy (non-hydrogen) atoms. The molecule has 6 rings (SSSR count). The van der Waals surface area contributed by atoms with Crippen molar-refractivity contribution in [1.82, 2.24) is 9.80 Å². The van der Waals surface area contributed by atoms with Gasteiger partial charge in [0.1, 0.15) is 5.75 Å². The van der Waals surface area contributed by atoms with Gasteiger partial charge >= 0.3 is 0 Å². The minimum absolute atomic E-state index is 0.0471. The molecule has 0 bridgehead atoms. The van der Waals surface area contributed by atoms with Crippen LogP contribution < -0.4 is 4.74 Å². The van der Waals surface area contributed by atoms with Gasteiger partial charge in [0.2, 0.25) is 0 Å². The summed E-state index contributed by atoms with van der Waals surface area (Å²) in [5, 5.41) is 0. The number of Topliss-reactive ketones (excluding diaryl/α,β-unsaturated/α-hetero) is 1. The molecule has 2 unspecified atom stereocenters. The highest BCUT2D eigenvalue weighted by molar-refractivity contribution is 6.14. The van der Waals surface area contributed by atoms with E-state index in [0.29, 0.717) is 5.92 Å². The molecule has 2 atom stereocenters. The Labute approximate surface area is 220 Å². The van der Waals surface area contributed by atoms with Crippen LogP contribution in [0.25, 0.3) is 0 Å². The van der Waals surface area contributed by atoms with Gasteiger partial charge in [-0.3, -0.25) is 4.79 Å². The van der Waals surface area contributed by atoms with E-state index < -0.39 is 0 Å². The summed E-state index contributed by atoms with van der Waals surface area (Å²) < 4.78 is 11.4. The second kappa shape index (κ2) is 10.3. The number of allylic oxidation sites excluding steroid dienone is 2. The lowest BCUT2D eigenvalue weighted by Crippen LogP contribution is -2.41. The Hall–Kier alpha value is -3.15. The number of ketones is 1. The van der Waals surface area contributed by atoms with E-state index in [1.165, 1.54) is 16.7 Å². The van der Waals surface area contributed by atoms with E-state index in [9.17, 15) is 4.79 Å². The molecule has 0 N–H and O–H groups in total. The molecule has 2 aromatic rings. The lowest BCUT2D eigenvalue weighted by atomic mass is 9.88. The van der Waals surface area contributed by atoms with Gasteiger partial charge in [-0.15, -0.1) is 0 Å². The molecule has 0 radical (unpaired) electrons. The first-order chi connectivity index (χ1) is 18.2. The number of para-hydroxylation sites is 1. The van der Waals surface area contributed by atoms with Gasteiger partial charge < -0.3 is 19.3 Å². The van der Waals surface area contributed by atoms with Crippen LogP contribution in [0.15, 0.2) is 78.0 Å². The van der Waals surface area contributed by atoms with Crippen LogP contribution in [0.1, 0.15) is 52.2 Å². The fourth-order valence-electron chi connectivity index (χ4n) is 6.43. The number of hydrogen-bond donors (Lipinski definition) is 0. The maximum absolute atomic E-state index is 13.6. The van der Waals surface area contributed by atoms with Gasteiger partial charge in [-0.05, 0) is 79.6 Å². The van der Waals surface area contributed by atoms with E-state index >= 15 is 0 Å². The summed E-state index contributed by atoms with van der Waals surface area (Å²) in [6.45, 7) is 4.20. The Morgan fingerprint density at radius 2 is 1.86 bits per heavy atom. The summed E-state index contributed by atoms with van der Waals surface area (Å²) in [5.74, 6) is 1.73. The predicted molar refractivity (Wildman–Crippen MR) is 146 cm³/mol. The van der Waals surface area contributed by atoms with Crippen molar-refractivity contribution >= 4 is 5.78 Å². The number of likely N-dealkylation sites (tertiary alicyclic amines) is 1. The maximum atomic E-state index is 13.6. The summed E-state index contributed by atoms with van der Waals surface area (Å²) in [4.78, 5) is 18.5. The molecule has 2 heterocycles. The van der Waals surface area contributed by atoms with E-state index in [2.05, 4.69) is 52.4 Å². The molecule has 2 aromatic carbocycles. The van der Waals surface area contributed by atoms with Gasteiger partial charge in [-0.2, -0.15) is 0 Å². The van der Waals surface area contributed by atoms with Crippen LogP contribution in [0.5, 0.6) is 5.75 Å². The van der Waals surface area contributed by atoms with Crippen LogP contribution in [-0.4, -0.2) is 68.1 Å². The fraction of sp³-hybridized carbons (Fsp3) is 0.406. The Morgan fingerprint density at radius 3 is 2.68 bits per heavy atom. The smallest absolute Gasteiger partial charge is 0.195 e. The van der Waals surface area contributed by atoms with E-state index in [0.717, 1.165) is 74.3 Å². The topological polar surface area (TPSA) is 42.0 Å². The largest absolute Gasteiger partial charge is 0.496 e. The number of rotatable bonds is 9. The van der Waals surface area contributed by atoms with Crippen molar-refractivity contribution in [3.63, 3.8) is 0 Å². The summed E-state index contributed by atoms with van der Waals surface area (Å²) in [6.07, 6.45) is 12.6. The zero-order valence-electron chi connectivity index (χ0n) is 21.9. The highest BCUT2D eigenvalue weighted by Gasteiger charge is 2.40. The maximum Gasteiger partial charge on any atom is 0.195 e. The molecule has 2 aliphatic heterocycles. The van der Waals surface area contributed by atoms with Gasteiger partial charge in [-0.25, -0.2) is 0 Å². The highest BCUT2D eigenvalue weighted by atomic mass is 16.5. The molecule has 1 fully saturated rings. The van der Waals surface area contributed by atoms with Gasteiger partial charge in [0, 0.05) is 31.0 Å². The first-order valence-corrected chi connectivity index (χ1v) is 13.6. The number of carbonyl (C=O) groups excluding carboxylic acids is 1. The van der Waals surface area contributed by atoms with Crippen LogP contribution in [0, 0.1) is 0 Å². The number of benzene rings is 2. The molecule has 0 amide bonds. The summed E-state index contributed by atoms with van der Waals surface area (Å²) in [5.41, 5.74) is 6.66. The number of carbonyl (C=O) groups is 1. The monoisotopic (exact) mass is 496 g/mol. The van der Waals surface area contributed by atoms with Crippen molar-refractivity contribution in [2.75, 3.05) is 40.4 Å². The van der Waals surface area contributed by atoms with Crippen molar-refractivity contribution in [3.05, 3.63) is 100 Å². The zero-order valence-corrected chi connectivity index (χ0v) is 21.9. The third kappa shape index (κ3) is 4.67. The average Bonchev–Trinajstić information content (AvgIpc) is 3.66. The van der Waals surface area contributed by atoms with Crippen molar-refractivity contribution in [1.29, 1.82) is 0 Å². The normalized spacial score (nSPS) is 22.8. The van der Waals surface area contributed by atoms with Gasteiger partial charge in [0.05, 0.1) is 19.3 Å². The molecule has 2 aliphatic carbocycles. The Balaban J connectivity index is 1.09. The summed E-state index contributed by atoms with van der Waals surface area (Å²) in [6, 6.07) is 14.6. The van der Waals surface area contributed by atoms with E-state index in [1.54, 1.807) is 14.2 Å². The Kier molecular flexibility index (Phi) is 6.74. The van der Waals surface area contributed by atoms with Crippen molar-refractivity contribution in [3.8, 4) is 5.75 Å². The Bertz CT molecular complexity index is 1270. The van der Waals surface area contributed by atoms with Crippen LogP contribution in [0.2, 0.25) is 0 Å². The standard InChI is InChI=1S/C32H36N2O3/c1-36-29-12-4-3-9-24(29)22-14-18-33(19-15-22)16-7-17-34-21-28(25-10-6-13-30(37-2)31(25)34)32(35)26-11-5-8-23-20-27(23)26/h3-6,8-13,21-22,30-31H,7,14-20H2,1-2H3. The van der Waals surface area contributed by atoms with E-state index in [4.69, 9.17) is 9.47 Å². The number of methoxy groups -OCH3 is 2. The minimum atomic E-state index is -0.0471. The summed E-state index contributed by atoms with van der Waals surface area (Å²) >= 11 is 0. The first kappa shape index (κ1) is 24.2. The van der Waals surface area contributed by atoms with Crippen LogP contribution in [0.3, 0.4) is 0 Å². The molecule has 1 saturated heterocycles. The van der Waals surface area contributed by atoms with Crippen LogP contribution >= 0.6 is 0 Å². The second-order valence-electron chi connectivity index (χ2n) is 10.6. The molecule has 0 aromatic heterocycles. The lowest BCUT2D eigenvalue weighted by molar-refractivity contribution is 0.0810. The predicted octanol–water partition coefficient (Wildman–Crippen LogP) is 5.13. The molecule has 192 valence electrons. The van der Waals surface area contributed by atoms with Gasteiger partial charge in [0.15, 0.2) is 5.78 Å². The number of nitrogens with zero attached hydrogens (tertiary/aromatic N) is 2. The van der Waals surface area contributed by atoms with Crippen molar-refractivity contribution in [2.45, 2.75) is 43.7 Å². The molecule has 4 aliphatic rings. The van der Waals surface area contributed by atoms with Gasteiger partial charge in [-0.1, -0.05) is 54.6 Å². The molecule has 5 heteroatoms. The number of ether oxygens (including phenoxy) is 2. The fourth-order valence-corrected chi connectivity index (χ4v) is 6.43. The molecular weight excluding hydrogens is 460 g/mol.